The second kappa shape index (κ2) is 7.66. The number of sulfonamides is 1. The van der Waals surface area contributed by atoms with Gasteiger partial charge >= 0.3 is 0 Å². The van der Waals surface area contributed by atoms with Crippen molar-refractivity contribution in [3.05, 3.63) is 72.4 Å². The molecule has 0 amide bonds. The van der Waals surface area contributed by atoms with Gasteiger partial charge in [-0.15, -0.1) is 0 Å². The fourth-order valence-electron chi connectivity index (χ4n) is 4.25. The van der Waals surface area contributed by atoms with Gasteiger partial charge in [-0.05, 0) is 47.9 Å². The largest absolute Gasteiger partial charge is 0.352 e. The lowest BCUT2D eigenvalue weighted by molar-refractivity contribution is 0.384. The highest BCUT2D eigenvalue weighted by Gasteiger charge is 2.29. The van der Waals surface area contributed by atoms with Crippen molar-refractivity contribution < 1.29 is 8.42 Å². The van der Waals surface area contributed by atoms with Gasteiger partial charge in [0.25, 0.3) is 0 Å². The van der Waals surface area contributed by atoms with E-state index in [0.29, 0.717) is 37.0 Å². The molecule has 1 saturated heterocycles. The van der Waals surface area contributed by atoms with Gasteiger partial charge in [0.05, 0.1) is 21.4 Å². The molecule has 0 atom stereocenters. The first-order chi connectivity index (χ1) is 14.9. The van der Waals surface area contributed by atoms with Crippen LogP contribution in [0.5, 0.6) is 0 Å². The zero-order valence-electron chi connectivity index (χ0n) is 17.8. The summed E-state index contributed by atoms with van der Waals surface area (Å²) in [5, 5.41) is 0. The molecule has 1 fully saturated rings. The predicted octanol–water partition coefficient (Wildman–Crippen LogP) is 4.12. The summed E-state index contributed by atoms with van der Waals surface area (Å²) in [6.45, 7) is 6.30. The first kappa shape index (κ1) is 20.0. The average Bonchev–Trinajstić information content (AvgIpc) is 3.29. The molecule has 0 spiro atoms. The lowest BCUT2D eigenvalue weighted by Crippen LogP contribution is -2.49. The van der Waals surface area contributed by atoms with E-state index in [-0.39, 0.29) is 0 Å². The molecule has 4 aromatic rings. The molecule has 0 N–H and O–H groups in total. The number of benzene rings is 2. The summed E-state index contributed by atoms with van der Waals surface area (Å²) in [6, 6.07) is 19.4. The Morgan fingerprint density at radius 2 is 1.52 bits per heavy atom. The summed E-state index contributed by atoms with van der Waals surface area (Å²) in [5.41, 5.74) is 4.18. The third-order valence-corrected chi connectivity index (χ3v) is 7.98. The number of hydrogen-bond donors (Lipinski definition) is 0. The van der Waals surface area contributed by atoms with Crippen molar-refractivity contribution in [2.45, 2.75) is 24.7 Å². The lowest BCUT2D eigenvalue weighted by atomic mass is 10.0. The number of piperazine rings is 1. The Hall–Kier alpha value is -2.90. The zero-order chi connectivity index (χ0) is 21.6. The Bertz CT molecular complexity index is 1340. The molecule has 0 bridgehead atoms. The van der Waals surface area contributed by atoms with Crippen molar-refractivity contribution in [1.82, 2.24) is 13.7 Å². The van der Waals surface area contributed by atoms with Crippen LogP contribution in [-0.4, -0.2) is 48.3 Å². The topological polar surface area (TPSA) is 57.9 Å². The van der Waals surface area contributed by atoms with Crippen LogP contribution in [0.1, 0.15) is 25.3 Å². The first-order valence-corrected chi connectivity index (χ1v) is 12.1. The zero-order valence-corrected chi connectivity index (χ0v) is 18.6. The van der Waals surface area contributed by atoms with Crippen molar-refractivity contribution in [1.29, 1.82) is 0 Å². The monoisotopic (exact) mass is 434 g/mol. The van der Waals surface area contributed by atoms with Crippen LogP contribution in [0.2, 0.25) is 0 Å². The van der Waals surface area contributed by atoms with Gasteiger partial charge in [0.1, 0.15) is 0 Å². The molecule has 2 aromatic carbocycles. The highest BCUT2D eigenvalue weighted by Crippen LogP contribution is 2.27. The third-order valence-electron chi connectivity index (χ3n) is 6.07. The second-order valence-corrected chi connectivity index (χ2v) is 10.2. The number of rotatable bonds is 4. The van der Waals surface area contributed by atoms with Gasteiger partial charge in [-0.25, -0.2) is 13.4 Å². The second-order valence-electron chi connectivity index (χ2n) is 8.30. The van der Waals surface area contributed by atoms with Crippen LogP contribution in [0.25, 0.3) is 16.6 Å². The highest BCUT2D eigenvalue weighted by molar-refractivity contribution is 7.89. The number of aromatic nitrogens is 2. The van der Waals surface area contributed by atoms with Crippen molar-refractivity contribution in [2.75, 3.05) is 31.1 Å². The molecule has 3 heterocycles. The third kappa shape index (κ3) is 3.47. The fourth-order valence-corrected chi connectivity index (χ4v) is 5.68. The SMILES string of the molecule is CC(C)c1ccc(S(=O)(=O)N2CCN(c3nc4ccccc4n4cccc34)CC2)cc1. The molecule has 7 heteroatoms. The van der Waals surface area contributed by atoms with Crippen LogP contribution in [0.15, 0.2) is 71.8 Å². The average molecular weight is 435 g/mol. The van der Waals surface area contributed by atoms with Crippen molar-refractivity contribution in [3.63, 3.8) is 0 Å². The molecule has 5 rings (SSSR count). The molecular weight excluding hydrogens is 408 g/mol. The maximum absolute atomic E-state index is 13.1. The van der Waals surface area contributed by atoms with Gasteiger partial charge < -0.3 is 9.30 Å². The van der Waals surface area contributed by atoms with Crippen molar-refractivity contribution >= 4 is 32.4 Å². The van der Waals surface area contributed by atoms with E-state index in [1.807, 2.05) is 42.6 Å². The van der Waals surface area contributed by atoms with Gasteiger partial charge in [-0.1, -0.05) is 38.1 Å². The maximum Gasteiger partial charge on any atom is 0.243 e. The minimum atomic E-state index is -3.50. The Labute approximate surface area is 182 Å². The van der Waals surface area contributed by atoms with E-state index >= 15 is 0 Å². The standard InChI is InChI=1S/C24H26N4O2S/c1-18(2)19-9-11-20(12-10-19)31(29,30)27-16-14-26(15-17-27)24-23-8-5-13-28(23)22-7-4-3-6-21(22)25-24/h3-13,18H,14-17H2,1-2H3. The fraction of sp³-hybridized carbons (Fsp3) is 0.292. The molecule has 160 valence electrons. The number of anilines is 1. The number of hydrogen-bond acceptors (Lipinski definition) is 4. The first-order valence-electron chi connectivity index (χ1n) is 10.7. The molecule has 31 heavy (non-hydrogen) atoms. The van der Waals surface area contributed by atoms with Crippen molar-refractivity contribution in [2.24, 2.45) is 0 Å². The quantitative estimate of drug-likeness (QED) is 0.485. The number of fused-ring (bicyclic) bond motifs is 3. The molecular formula is C24H26N4O2S. The van der Waals surface area contributed by atoms with Crippen LogP contribution in [0.4, 0.5) is 5.82 Å². The van der Waals surface area contributed by atoms with Gasteiger partial charge in [-0.2, -0.15) is 4.31 Å². The van der Waals surface area contributed by atoms with Crippen LogP contribution < -0.4 is 4.90 Å². The highest BCUT2D eigenvalue weighted by atomic mass is 32.2. The van der Waals surface area contributed by atoms with Crippen LogP contribution in [0, 0.1) is 0 Å². The van der Waals surface area contributed by atoms with E-state index in [9.17, 15) is 8.42 Å². The summed E-state index contributed by atoms with van der Waals surface area (Å²) in [6.07, 6.45) is 2.05. The molecule has 6 nitrogen and oxygen atoms in total. The van der Waals surface area contributed by atoms with Crippen LogP contribution in [-0.2, 0) is 10.0 Å². The normalized spacial score (nSPS) is 15.9. The molecule has 1 aliphatic rings. The molecule has 2 aromatic heterocycles. The van der Waals surface area contributed by atoms with Gasteiger partial charge in [0.2, 0.25) is 10.0 Å². The summed E-state index contributed by atoms with van der Waals surface area (Å²) < 4.78 is 30.0. The van der Waals surface area contributed by atoms with Gasteiger partial charge in [0, 0.05) is 32.4 Å². The Morgan fingerprint density at radius 1 is 0.839 bits per heavy atom. The van der Waals surface area contributed by atoms with Gasteiger partial charge in [-0.3, -0.25) is 0 Å². The molecule has 1 aliphatic heterocycles. The van der Waals surface area contributed by atoms with Crippen molar-refractivity contribution in [3.8, 4) is 0 Å². The summed E-state index contributed by atoms with van der Waals surface area (Å²) >= 11 is 0. The minimum absolute atomic E-state index is 0.364. The van der Waals surface area contributed by atoms with E-state index in [2.05, 4.69) is 35.3 Å². The molecule has 0 saturated carbocycles. The van der Waals surface area contributed by atoms with Crippen LogP contribution in [0.3, 0.4) is 0 Å². The molecule has 0 radical (unpaired) electrons. The Morgan fingerprint density at radius 3 is 2.23 bits per heavy atom. The summed E-state index contributed by atoms with van der Waals surface area (Å²) in [5.74, 6) is 1.28. The van der Waals surface area contributed by atoms with E-state index in [4.69, 9.17) is 4.98 Å². The van der Waals surface area contributed by atoms with E-state index in [1.54, 1.807) is 16.4 Å². The number of para-hydroxylation sites is 2. The predicted molar refractivity (Wildman–Crippen MR) is 124 cm³/mol. The maximum atomic E-state index is 13.1. The lowest BCUT2D eigenvalue weighted by Gasteiger charge is -2.35. The minimum Gasteiger partial charge on any atom is -0.352 e. The van der Waals surface area contributed by atoms with E-state index in [1.165, 1.54) is 0 Å². The van der Waals surface area contributed by atoms with Crippen LogP contribution >= 0.6 is 0 Å². The molecule has 0 aliphatic carbocycles. The Kier molecular flexibility index (Phi) is 4.95. The smallest absolute Gasteiger partial charge is 0.243 e. The van der Waals surface area contributed by atoms with Gasteiger partial charge in [0.15, 0.2) is 5.82 Å². The summed E-state index contributed by atoms with van der Waals surface area (Å²) in [7, 11) is -3.50. The Balaban J connectivity index is 1.39. The molecule has 0 unspecified atom stereocenters. The summed E-state index contributed by atoms with van der Waals surface area (Å²) in [4.78, 5) is 7.46. The van der Waals surface area contributed by atoms with E-state index < -0.39 is 10.0 Å². The number of nitrogens with zero attached hydrogens (tertiary/aromatic N) is 4. The van der Waals surface area contributed by atoms with E-state index in [0.717, 1.165) is 27.9 Å².